The van der Waals surface area contributed by atoms with Crippen LogP contribution < -0.4 is 15.0 Å². The van der Waals surface area contributed by atoms with E-state index in [4.69, 9.17) is 4.98 Å². The fraction of sp³-hybridized carbons (Fsp3) is 0.0769. The number of hydrogen-bond donors (Lipinski definition) is 0. The van der Waals surface area contributed by atoms with Gasteiger partial charge < -0.3 is 4.90 Å². The lowest BCUT2D eigenvalue weighted by Gasteiger charge is -2.11. The van der Waals surface area contributed by atoms with E-state index in [0.717, 1.165) is 33.8 Å². The van der Waals surface area contributed by atoms with E-state index in [9.17, 15) is 4.79 Å². The van der Waals surface area contributed by atoms with Gasteiger partial charge in [0.2, 0.25) is 0 Å². The third kappa shape index (κ3) is 3.53. The summed E-state index contributed by atoms with van der Waals surface area (Å²) in [5.41, 5.74) is 5.73. The minimum absolute atomic E-state index is 0.0368. The van der Waals surface area contributed by atoms with E-state index in [1.165, 1.54) is 11.3 Å². The number of fused-ring (bicyclic) bond motifs is 1. The van der Waals surface area contributed by atoms with Gasteiger partial charge in [-0.25, -0.2) is 9.38 Å². The summed E-state index contributed by atoms with van der Waals surface area (Å²) in [5.74, 6) is 0. The standard InChI is InChI=1S/C26H21N3OS/c1-28(2)21-15-13-18(14-16-21)17-22-25(30)29-24(20-11-7-4-8-12-20)23(27-26(29)31-22)19-9-5-3-6-10-19/h3-17H,1-2H3/b22-17+. The lowest BCUT2D eigenvalue weighted by molar-refractivity contribution is 1.13. The van der Waals surface area contributed by atoms with E-state index in [0.29, 0.717) is 9.49 Å². The molecule has 3 aromatic carbocycles. The molecule has 0 aliphatic rings. The first-order chi connectivity index (χ1) is 15.1. The van der Waals surface area contributed by atoms with E-state index in [2.05, 4.69) is 17.0 Å². The molecule has 31 heavy (non-hydrogen) atoms. The molecule has 5 heteroatoms. The van der Waals surface area contributed by atoms with Crippen molar-refractivity contribution < 1.29 is 0 Å². The maximum Gasteiger partial charge on any atom is 0.274 e. The molecule has 0 atom stereocenters. The molecule has 152 valence electrons. The molecule has 5 aromatic rings. The van der Waals surface area contributed by atoms with Crippen LogP contribution >= 0.6 is 11.3 Å². The summed E-state index contributed by atoms with van der Waals surface area (Å²) in [6, 6.07) is 28.2. The molecule has 0 radical (unpaired) electrons. The van der Waals surface area contributed by atoms with Crippen LogP contribution in [-0.4, -0.2) is 23.5 Å². The highest BCUT2D eigenvalue weighted by Gasteiger charge is 2.19. The fourth-order valence-electron chi connectivity index (χ4n) is 3.68. The number of anilines is 1. The number of hydrogen-bond acceptors (Lipinski definition) is 4. The topological polar surface area (TPSA) is 37.6 Å². The first-order valence-electron chi connectivity index (χ1n) is 10.1. The van der Waals surface area contributed by atoms with Crippen LogP contribution in [0.3, 0.4) is 0 Å². The molecular formula is C26H21N3OS. The van der Waals surface area contributed by atoms with Gasteiger partial charge in [-0.3, -0.25) is 4.79 Å². The molecule has 0 saturated carbocycles. The molecule has 0 aliphatic heterocycles. The van der Waals surface area contributed by atoms with Gasteiger partial charge in [0.05, 0.1) is 15.9 Å². The van der Waals surface area contributed by atoms with E-state index in [-0.39, 0.29) is 5.56 Å². The monoisotopic (exact) mass is 423 g/mol. The Balaban J connectivity index is 1.72. The second kappa shape index (κ2) is 7.85. The molecule has 4 nitrogen and oxygen atoms in total. The highest BCUT2D eigenvalue weighted by atomic mass is 32.1. The number of benzene rings is 3. The van der Waals surface area contributed by atoms with E-state index in [1.54, 1.807) is 4.40 Å². The van der Waals surface area contributed by atoms with Gasteiger partial charge in [0.15, 0.2) is 4.96 Å². The van der Waals surface area contributed by atoms with Gasteiger partial charge in [0, 0.05) is 30.9 Å². The van der Waals surface area contributed by atoms with Crippen molar-refractivity contribution in [2.24, 2.45) is 0 Å². The Morgan fingerprint density at radius 3 is 2.06 bits per heavy atom. The average molecular weight is 424 g/mol. The normalized spacial score (nSPS) is 11.9. The Hall–Kier alpha value is -3.70. The molecule has 5 rings (SSSR count). The second-order valence-corrected chi connectivity index (χ2v) is 8.57. The van der Waals surface area contributed by atoms with Crippen molar-refractivity contribution in [3.05, 3.63) is 105 Å². The van der Waals surface area contributed by atoms with Crippen LogP contribution in [0.5, 0.6) is 0 Å². The predicted octanol–water partition coefficient (Wildman–Crippen LogP) is 4.70. The maximum atomic E-state index is 13.4. The Kier molecular flexibility index (Phi) is 4.88. The Morgan fingerprint density at radius 1 is 0.839 bits per heavy atom. The van der Waals surface area contributed by atoms with Crippen LogP contribution in [0.15, 0.2) is 89.7 Å². The molecule has 0 bridgehead atoms. The third-order valence-electron chi connectivity index (χ3n) is 5.26. The van der Waals surface area contributed by atoms with Gasteiger partial charge in [0.1, 0.15) is 0 Å². The minimum atomic E-state index is -0.0368. The summed E-state index contributed by atoms with van der Waals surface area (Å²) in [4.78, 5) is 21.1. The van der Waals surface area contributed by atoms with Gasteiger partial charge in [0.25, 0.3) is 5.56 Å². The number of nitrogens with zero attached hydrogens (tertiary/aromatic N) is 3. The first-order valence-corrected chi connectivity index (χ1v) is 10.9. The van der Waals surface area contributed by atoms with Crippen LogP contribution in [0.2, 0.25) is 0 Å². The molecule has 0 amide bonds. The summed E-state index contributed by atoms with van der Waals surface area (Å²) in [7, 11) is 4.02. The molecule has 0 N–H and O–H groups in total. The van der Waals surface area contributed by atoms with Gasteiger partial charge in [-0.15, -0.1) is 0 Å². The number of rotatable bonds is 4. The lowest BCUT2D eigenvalue weighted by atomic mass is 10.1. The zero-order chi connectivity index (χ0) is 21.4. The average Bonchev–Trinajstić information content (AvgIpc) is 3.32. The van der Waals surface area contributed by atoms with Crippen LogP contribution in [-0.2, 0) is 0 Å². The van der Waals surface area contributed by atoms with Gasteiger partial charge in [-0.1, -0.05) is 84.1 Å². The molecule has 0 unspecified atom stereocenters. The highest BCUT2D eigenvalue weighted by molar-refractivity contribution is 7.15. The van der Waals surface area contributed by atoms with Crippen LogP contribution in [0, 0.1) is 0 Å². The van der Waals surface area contributed by atoms with Crippen molar-refractivity contribution in [1.82, 2.24) is 9.38 Å². The largest absolute Gasteiger partial charge is 0.378 e. The Bertz CT molecular complexity index is 1450. The van der Waals surface area contributed by atoms with Crippen molar-refractivity contribution in [3.63, 3.8) is 0 Å². The van der Waals surface area contributed by atoms with Gasteiger partial charge >= 0.3 is 0 Å². The quantitative estimate of drug-likeness (QED) is 0.420. The smallest absolute Gasteiger partial charge is 0.274 e. The molecule has 0 fully saturated rings. The fourth-order valence-corrected chi connectivity index (χ4v) is 4.65. The van der Waals surface area contributed by atoms with E-state index in [1.807, 2.05) is 93.0 Å². The van der Waals surface area contributed by atoms with Gasteiger partial charge in [-0.05, 0) is 23.8 Å². The molecule has 2 aromatic heterocycles. The highest BCUT2D eigenvalue weighted by Crippen LogP contribution is 2.32. The summed E-state index contributed by atoms with van der Waals surface area (Å²) in [6.45, 7) is 0. The minimum Gasteiger partial charge on any atom is -0.378 e. The van der Waals surface area contributed by atoms with E-state index < -0.39 is 0 Å². The molecule has 0 aliphatic carbocycles. The van der Waals surface area contributed by atoms with Crippen molar-refractivity contribution >= 4 is 28.1 Å². The number of aromatic nitrogens is 2. The Morgan fingerprint density at radius 2 is 1.45 bits per heavy atom. The van der Waals surface area contributed by atoms with E-state index >= 15 is 0 Å². The van der Waals surface area contributed by atoms with Crippen molar-refractivity contribution in [2.75, 3.05) is 19.0 Å². The van der Waals surface area contributed by atoms with Crippen LogP contribution in [0.4, 0.5) is 5.69 Å². The maximum absolute atomic E-state index is 13.4. The molecule has 0 saturated heterocycles. The molecular weight excluding hydrogens is 402 g/mol. The predicted molar refractivity (Wildman–Crippen MR) is 130 cm³/mol. The van der Waals surface area contributed by atoms with Crippen molar-refractivity contribution in [1.29, 1.82) is 0 Å². The third-order valence-corrected chi connectivity index (χ3v) is 6.23. The summed E-state index contributed by atoms with van der Waals surface area (Å²) >= 11 is 1.43. The zero-order valence-electron chi connectivity index (χ0n) is 17.3. The van der Waals surface area contributed by atoms with Gasteiger partial charge in [-0.2, -0.15) is 0 Å². The SMILES string of the molecule is CN(C)c1ccc(/C=c2/sc3nc(-c4ccccc4)c(-c4ccccc4)n3c2=O)cc1. The second-order valence-electron chi connectivity index (χ2n) is 7.56. The van der Waals surface area contributed by atoms with Crippen LogP contribution in [0.1, 0.15) is 5.56 Å². The number of thiazole rings is 1. The Labute approximate surface area is 184 Å². The first kappa shape index (κ1) is 19.3. The summed E-state index contributed by atoms with van der Waals surface area (Å²) < 4.78 is 2.43. The van der Waals surface area contributed by atoms with Crippen molar-refractivity contribution in [3.8, 4) is 22.5 Å². The lowest BCUT2D eigenvalue weighted by Crippen LogP contribution is -2.23. The number of imidazole rings is 1. The zero-order valence-corrected chi connectivity index (χ0v) is 18.1. The van der Waals surface area contributed by atoms with Crippen LogP contribution in [0.25, 0.3) is 33.6 Å². The van der Waals surface area contributed by atoms with Crippen molar-refractivity contribution in [2.45, 2.75) is 0 Å². The molecule has 2 heterocycles. The molecule has 0 spiro atoms. The summed E-state index contributed by atoms with van der Waals surface area (Å²) in [5, 5.41) is 0. The summed E-state index contributed by atoms with van der Waals surface area (Å²) in [6.07, 6.45) is 1.94.